The van der Waals surface area contributed by atoms with Crippen LogP contribution in [0.5, 0.6) is 5.75 Å². The van der Waals surface area contributed by atoms with Gasteiger partial charge in [-0.1, -0.05) is 12.1 Å². The third-order valence-electron chi connectivity index (χ3n) is 3.65. The number of nitriles is 1. The first-order valence-electron chi connectivity index (χ1n) is 7.20. The molecule has 0 spiro atoms. The highest BCUT2D eigenvalue weighted by molar-refractivity contribution is 7.89. The second-order valence-electron chi connectivity index (χ2n) is 5.17. The van der Waals surface area contributed by atoms with Crippen molar-refractivity contribution in [2.45, 2.75) is 4.90 Å². The molecule has 3 aromatic rings. The number of nitrogens with zero attached hydrogens (tertiary/aromatic N) is 3. The fraction of sp³-hybridized carbons (Fsp3) is 0.0588. The molecule has 0 aliphatic heterocycles. The minimum atomic E-state index is -3.95. The van der Waals surface area contributed by atoms with Crippen LogP contribution in [0.25, 0.3) is 16.9 Å². The van der Waals surface area contributed by atoms with E-state index in [0.29, 0.717) is 22.6 Å². The largest absolute Gasteiger partial charge is 0.497 e. The SMILES string of the molecule is COc1ccc(-c2c(C#N)cnn2-c2ccccc2S(N)(=O)=O)cc1. The van der Waals surface area contributed by atoms with E-state index in [2.05, 4.69) is 11.2 Å². The second kappa shape index (κ2) is 6.39. The molecule has 7 nitrogen and oxygen atoms in total. The van der Waals surface area contributed by atoms with Gasteiger partial charge in [0.25, 0.3) is 0 Å². The molecule has 25 heavy (non-hydrogen) atoms. The topological polar surface area (TPSA) is 111 Å². The van der Waals surface area contributed by atoms with E-state index in [1.165, 1.54) is 16.9 Å². The number of para-hydroxylation sites is 1. The van der Waals surface area contributed by atoms with Crippen LogP contribution in [-0.4, -0.2) is 25.3 Å². The van der Waals surface area contributed by atoms with Crippen molar-refractivity contribution in [2.75, 3.05) is 7.11 Å². The monoisotopic (exact) mass is 354 g/mol. The summed E-state index contributed by atoms with van der Waals surface area (Å²) in [4.78, 5) is -0.0719. The normalized spacial score (nSPS) is 11.1. The van der Waals surface area contributed by atoms with Crippen LogP contribution in [0.4, 0.5) is 0 Å². The van der Waals surface area contributed by atoms with Gasteiger partial charge in [0.2, 0.25) is 10.0 Å². The predicted molar refractivity (Wildman–Crippen MR) is 91.6 cm³/mol. The molecule has 126 valence electrons. The van der Waals surface area contributed by atoms with Gasteiger partial charge in [-0.25, -0.2) is 18.2 Å². The molecule has 8 heteroatoms. The first-order valence-corrected chi connectivity index (χ1v) is 8.75. The lowest BCUT2D eigenvalue weighted by Gasteiger charge is -2.12. The molecule has 2 aromatic carbocycles. The van der Waals surface area contributed by atoms with Crippen molar-refractivity contribution in [2.24, 2.45) is 5.14 Å². The van der Waals surface area contributed by atoms with Crippen LogP contribution in [0.2, 0.25) is 0 Å². The highest BCUT2D eigenvalue weighted by atomic mass is 32.2. The zero-order chi connectivity index (χ0) is 18.0. The highest BCUT2D eigenvalue weighted by Gasteiger charge is 2.20. The van der Waals surface area contributed by atoms with Crippen molar-refractivity contribution in [3.05, 3.63) is 60.3 Å². The molecule has 0 unspecified atom stereocenters. The van der Waals surface area contributed by atoms with Gasteiger partial charge in [0.15, 0.2) is 0 Å². The van der Waals surface area contributed by atoms with Gasteiger partial charge in [0.05, 0.1) is 30.3 Å². The molecule has 3 rings (SSSR count). The molecule has 0 radical (unpaired) electrons. The number of aromatic nitrogens is 2. The van der Waals surface area contributed by atoms with Gasteiger partial charge in [-0.2, -0.15) is 10.4 Å². The Labute approximate surface area is 144 Å². The summed E-state index contributed by atoms with van der Waals surface area (Å²) in [5.41, 5.74) is 1.76. The number of hydrogen-bond acceptors (Lipinski definition) is 5. The molecule has 0 fully saturated rings. The van der Waals surface area contributed by atoms with Crippen LogP contribution >= 0.6 is 0 Å². The van der Waals surface area contributed by atoms with E-state index in [4.69, 9.17) is 9.88 Å². The maximum atomic E-state index is 11.9. The Morgan fingerprint density at radius 1 is 1.16 bits per heavy atom. The molecular weight excluding hydrogens is 340 g/mol. The molecule has 1 aromatic heterocycles. The minimum absolute atomic E-state index is 0.0719. The Morgan fingerprint density at radius 2 is 1.84 bits per heavy atom. The van der Waals surface area contributed by atoms with Gasteiger partial charge in [-0.15, -0.1) is 0 Å². The van der Waals surface area contributed by atoms with Gasteiger partial charge in [-0.05, 0) is 36.4 Å². The smallest absolute Gasteiger partial charge is 0.240 e. The zero-order valence-electron chi connectivity index (χ0n) is 13.2. The molecule has 0 amide bonds. The number of rotatable bonds is 4. The van der Waals surface area contributed by atoms with Gasteiger partial charge in [0, 0.05) is 5.56 Å². The quantitative estimate of drug-likeness (QED) is 0.771. The average Bonchev–Trinajstić information content (AvgIpc) is 3.05. The third-order valence-corrected chi connectivity index (χ3v) is 4.61. The number of nitrogens with two attached hydrogens (primary N) is 1. The number of benzene rings is 2. The van der Waals surface area contributed by atoms with Gasteiger partial charge in [0.1, 0.15) is 16.7 Å². The summed E-state index contributed by atoms with van der Waals surface area (Å²) in [6.45, 7) is 0. The predicted octanol–water partition coefficient (Wildman–Crippen LogP) is 2.07. The summed E-state index contributed by atoms with van der Waals surface area (Å²) in [5.74, 6) is 0.665. The van der Waals surface area contributed by atoms with E-state index in [9.17, 15) is 13.7 Å². The van der Waals surface area contributed by atoms with Crippen LogP contribution in [-0.2, 0) is 10.0 Å². The van der Waals surface area contributed by atoms with Crippen molar-refractivity contribution in [1.29, 1.82) is 5.26 Å². The number of methoxy groups -OCH3 is 1. The fourth-order valence-electron chi connectivity index (χ4n) is 2.51. The number of hydrogen-bond donors (Lipinski definition) is 1. The van der Waals surface area contributed by atoms with Crippen molar-refractivity contribution >= 4 is 10.0 Å². The summed E-state index contributed by atoms with van der Waals surface area (Å²) in [6.07, 6.45) is 1.39. The second-order valence-corrected chi connectivity index (χ2v) is 6.70. The van der Waals surface area contributed by atoms with Crippen LogP contribution in [0.15, 0.2) is 59.6 Å². The summed E-state index contributed by atoms with van der Waals surface area (Å²) >= 11 is 0. The lowest BCUT2D eigenvalue weighted by molar-refractivity contribution is 0.415. The molecular formula is C17H14N4O3S. The number of sulfonamides is 1. The van der Waals surface area contributed by atoms with Crippen LogP contribution < -0.4 is 9.88 Å². The Kier molecular flexibility index (Phi) is 4.27. The molecule has 0 atom stereocenters. The van der Waals surface area contributed by atoms with E-state index < -0.39 is 10.0 Å². The standard InChI is InChI=1S/C17H14N4O3S/c1-24-14-8-6-12(7-9-14)17-13(10-18)11-20-21(17)15-4-2-3-5-16(15)25(19,22)23/h2-9,11H,1H3,(H2,19,22,23). The lowest BCUT2D eigenvalue weighted by atomic mass is 10.1. The van der Waals surface area contributed by atoms with E-state index in [0.717, 1.165) is 0 Å². The lowest BCUT2D eigenvalue weighted by Crippen LogP contribution is -2.16. The van der Waals surface area contributed by atoms with E-state index in [1.54, 1.807) is 49.6 Å². The first-order chi connectivity index (χ1) is 12.0. The minimum Gasteiger partial charge on any atom is -0.497 e. The molecule has 0 saturated carbocycles. The van der Waals surface area contributed by atoms with E-state index >= 15 is 0 Å². The summed E-state index contributed by atoms with van der Waals surface area (Å²) in [6, 6.07) is 15.3. The van der Waals surface area contributed by atoms with Gasteiger partial charge in [-0.3, -0.25) is 0 Å². The average molecular weight is 354 g/mol. The summed E-state index contributed by atoms with van der Waals surface area (Å²) in [5, 5.41) is 18.9. The maximum absolute atomic E-state index is 11.9. The number of ether oxygens (including phenoxy) is 1. The maximum Gasteiger partial charge on any atom is 0.240 e. The third kappa shape index (κ3) is 3.10. The zero-order valence-corrected chi connectivity index (χ0v) is 14.1. The molecule has 0 saturated heterocycles. The molecule has 0 aliphatic carbocycles. The Balaban J connectivity index is 2.27. The molecule has 0 bridgehead atoms. The first kappa shape index (κ1) is 16.7. The van der Waals surface area contributed by atoms with E-state index in [1.807, 2.05) is 0 Å². The van der Waals surface area contributed by atoms with Crippen LogP contribution in [0.1, 0.15) is 5.56 Å². The highest BCUT2D eigenvalue weighted by Crippen LogP contribution is 2.30. The number of primary sulfonamides is 1. The van der Waals surface area contributed by atoms with E-state index in [-0.39, 0.29) is 10.6 Å². The van der Waals surface area contributed by atoms with Crippen LogP contribution in [0, 0.1) is 11.3 Å². The molecule has 1 heterocycles. The fourth-order valence-corrected chi connectivity index (χ4v) is 3.23. The summed E-state index contributed by atoms with van der Waals surface area (Å²) in [7, 11) is -2.39. The Bertz CT molecular complexity index is 1060. The Morgan fingerprint density at radius 3 is 2.44 bits per heavy atom. The van der Waals surface area contributed by atoms with Crippen molar-refractivity contribution in [3.8, 4) is 28.8 Å². The van der Waals surface area contributed by atoms with Gasteiger partial charge < -0.3 is 4.74 Å². The van der Waals surface area contributed by atoms with Crippen molar-refractivity contribution in [3.63, 3.8) is 0 Å². The molecule has 0 aliphatic rings. The molecule has 2 N–H and O–H groups in total. The van der Waals surface area contributed by atoms with Gasteiger partial charge >= 0.3 is 0 Å². The van der Waals surface area contributed by atoms with Crippen molar-refractivity contribution in [1.82, 2.24) is 9.78 Å². The van der Waals surface area contributed by atoms with Crippen LogP contribution in [0.3, 0.4) is 0 Å². The summed E-state index contributed by atoms with van der Waals surface area (Å²) < 4.78 is 30.3. The van der Waals surface area contributed by atoms with Crippen molar-refractivity contribution < 1.29 is 13.2 Å². The Hall–Kier alpha value is -3.15.